The maximum atomic E-state index is 12.0. The molecule has 0 radical (unpaired) electrons. The van der Waals surface area contributed by atoms with Crippen LogP contribution >= 0.6 is 15.9 Å². The van der Waals surface area contributed by atoms with Gasteiger partial charge in [0.1, 0.15) is 5.75 Å². The Kier molecular flexibility index (Phi) is 5.85. The minimum absolute atomic E-state index is 0.0368. The minimum atomic E-state index is -0.0368. The van der Waals surface area contributed by atoms with Crippen molar-refractivity contribution < 1.29 is 13.9 Å². The zero-order chi connectivity index (χ0) is 17.5. The van der Waals surface area contributed by atoms with E-state index < -0.39 is 0 Å². The fourth-order valence-electron chi connectivity index (χ4n) is 2.28. The van der Waals surface area contributed by atoms with Crippen LogP contribution in [0.3, 0.4) is 0 Å². The van der Waals surface area contributed by atoms with Gasteiger partial charge < -0.3 is 14.5 Å². The highest BCUT2D eigenvalue weighted by Crippen LogP contribution is 2.21. The van der Waals surface area contributed by atoms with Crippen LogP contribution < -0.4 is 10.1 Å². The highest BCUT2D eigenvalue weighted by molar-refractivity contribution is 9.10. The summed E-state index contributed by atoms with van der Waals surface area (Å²) in [6.07, 6.45) is 4.09. The van der Waals surface area contributed by atoms with E-state index >= 15 is 0 Å². The summed E-state index contributed by atoms with van der Waals surface area (Å²) in [5.41, 5.74) is 1.67. The second-order valence-electron chi connectivity index (χ2n) is 5.40. The molecule has 6 heteroatoms. The molecule has 128 valence electrons. The summed E-state index contributed by atoms with van der Waals surface area (Å²) >= 11 is 3.40. The lowest BCUT2D eigenvalue weighted by Gasteiger charge is -2.08. The zero-order valence-corrected chi connectivity index (χ0v) is 15.0. The van der Waals surface area contributed by atoms with Gasteiger partial charge in [-0.05, 0) is 48.9 Å². The molecule has 0 spiro atoms. The van der Waals surface area contributed by atoms with E-state index in [1.165, 1.54) is 6.39 Å². The van der Waals surface area contributed by atoms with Crippen LogP contribution in [0, 0.1) is 0 Å². The molecular formula is C19H17BrN2O3. The van der Waals surface area contributed by atoms with E-state index in [4.69, 9.17) is 9.15 Å². The molecule has 0 saturated carbocycles. The molecule has 0 fully saturated rings. The van der Waals surface area contributed by atoms with Crippen LogP contribution in [-0.4, -0.2) is 17.5 Å². The molecular weight excluding hydrogens is 384 g/mol. The third kappa shape index (κ3) is 5.19. The van der Waals surface area contributed by atoms with E-state index in [-0.39, 0.29) is 5.91 Å². The number of hydrogen-bond acceptors (Lipinski definition) is 4. The fourth-order valence-corrected chi connectivity index (χ4v) is 2.66. The van der Waals surface area contributed by atoms with E-state index in [0.717, 1.165) is 21.5 Å². The summed E-state index contributed by atoms with van der Waals surface area (Å²) in [5.74, 6) is 1.45. The summed E-state index contributed by atoms with van der Waals surface area (Å²) in [6.45, 7) is 0.494. The van der Waals surface area contributed by atoms with Gasteiger partial charge in [0.2, 0.25) is 5.91 Å². The number of carbonyl (C=O) groups excluding carboxylic acids is 1. The van der Waals surface area contributed by atoms with Crippen LogP contribution in [0.25, 0.3) is 11.3 Å². The maximum Gasteiger partial charge on any atom is 0.224 e. The highest BCUT2D eigenvalue weighted by atomic mass is 79.9. The average molecular weight is 401 g/mol. The molecule has 1 amide bonds. The Bertz CT molecular complexity index is 817. The van der Waals surface area contributed by atoms with Crippen LogP contribution in [0.5, 0.6) is 5.75 Å². The second kappa shape index (κ2) is 8.48. The number of carbonyl (C=O) groups is 1. The lowest BCUT2D eigenvalue weighted by atomic mass is 10.1. The van der Waals surface area contributed by atoms with Crippen LogP contribution in [0.1, 0.15) is 12.8 Å². The molecule has 0 unspecified atom stereocenters. The van der Waals surface area contributed by atoms with E-state index in [1.807, 2.05) is 48.5 Å². The number of hydrogen-bond donors (Lipinski definition) is 1. The highest BCUT2D eigenvalue weighted by Gasteiger charge is 2.05. The van der Waals surface area contributed by atoms with Crippen molar-refractivity contribution in [1.82, 2.24) is 4.98 Å². The number of amides is 1. The van der Waals surface area contributed by atoms with Crippen molar-refractivity contribution in [3.8, 4) is 17.1 Å². The molecule has 2 aromatic carbocycles. The smallest absolute Gasteiger partial charge is 0.224 e. The SMILES string of the molecule is O=C(CCCOc1cccc(Br)c1)Nc1ccc(-c2cnco2)cc1. The molecule has 0 saturated heterocycles. The van der Waals surface area contributed by atoms with Gasteiger partial charge >= 0.3 is 0 Å². The van der Waals surface area contributed by atoms with Crippen molar-refractivity contribution in [1.29, 1.82) is 0 Å². The monoisotopic (exact) mass is 400 g/mol. The average Bonchev–Trinajstić information content (AvgIpc) is 3.14. The maximum absolute atomic E-state index is 12.0. The topological polar surface area (TPSA) is 64.4 Å². The minimum Gasteiger partial charge on any atom is -0.494 e. The number of aromatic nitrogens is 1. The molecule has 1 N–H and O–H groups in total. The third-order valence-electron chi connectivity index (χ3n) is 3.50. The molecule has 5 nitrogen and oxygen atoms in total. The Morgan fingerprint density at radius 2 is 2.04 bits per heavy atom. The lowest BCUT2D eigenvalue weighted by molar-refractivity contribution is -0.116. The van der Waals surface area contributed by atoms with Gasteiger partial charge in [0.15, 0.2) is 12.2 Å². The van der Waals surface area contributed by atoms with Crippen LogP contribution in [0.4, 0.5) is 5.69 Å². The Balaban J connectivity index is 1.41. The molecule has 0 aliphatic heterocycles. The van der Waals surface area contributed by atoms with Crippen molar-refractivity contribution >= 4 is 27.5 Å². The quantitative estimate of drug-likeness (QED) is 0.572. The number of ether oxygens (including phenoxy) is 1. The van der Waals surface area contributed by atoms with Crippen LogP contribution in [0.2, 0.25) is 0 Å². The normalized spacial score (nSPS) is 10.4. The van der Waals surface area contributed by atoms with Crippen LogP contribution in [-0.2, 0) is 4.79 Å². The Hall–Kier alpha value is -2.60. The zero-order valence-electron chi connectivity index (χ0n) is 13.4. The number of benzene rings is 2. The molecule has 0 bridgehead atoms. The van der Waals surface area contributed by atoms with E-state index in [1.54, 1.807) is 6.20 Å². The van der Waals surface area contributed by atoms with E-state index in [2.05, 4.69) is 26.2 Å². The molecule has 3 rings (SSSR count). The summed E-state index contributed by atoms with van der Waals surface area (Å²) < 4.78 is 11.8. The number of halogens is 1. The standard InChI is InChI=1S/C19H17BrN2O3/c20-15-3-1-4-17(11-15)24-10-2-5-19(23)22-16-8-6-14(7-9-16)18-12-21-13-25-18/h1,3-4,6-9,11-13H,2,5,10H2,(H,22,23). The predicted molar refractivity (Wildman–Crippen MR) is 99.4 cm³/mol. The first-order valence-electron chi connectivity index (χ1n) is 7.88. The number of nitrogens with zero attached hydrogens (tertiary/aromatic N) is 1. The number of rotatable bonds is 7. The predicted octanol–water partition coefficient (Wildman–Crippen LogP) is 4.90. The van der Waals surface area contributed by atoms with Gasteiger partial charge in [0.05, 0.1) is 12.8 Å². The number of oxazole rings is 1. The summed E-state index contributed by atoms with van der Waals surface area (Å²) in [6, 6.07) is 15.1. The van der Waals surface area contributed by atoms with Gasteiger partial charge in [-0.15, -0.1) is 0 Å². The first-order chi connectivity index (χ1) is 12.2. The molecule has 25 heavy (non-hydrogen) atoms. The first kappa shape index (κ1) is 17.2. The third-order valence-corrected chi connectivity index (χ3v) is 3.99. The lowest BCUT2D eigenvalue weighted by Crippen LogP contribution is -2.12. The van der Waals surface area contributed by atoms with Crippen molar-refractivity contribution in [2.75, 3.05) is 11.9 Å². The van der Waals surface area contributed by atoms with Gasteiger partial charge in [-0.2, -0.15) is 0 Å². The molecule has 0 aliphatic carbocycles. The molecule has 1 heterocycles. The summed E-state index contributed by atoms with van der Waals surface area (Å²) in [5, 5.41) is 2.87. The van der Waals surface area contributed by atoms with Crippen molar-refractivity contribution in [3.05, 3.63) is 65.6 Å². The van der Waals surface area contributed by atoms with Crippen molar-refractivity contribution in [2.45, 2.75) is 12.8 Å². The number of anilines is 1. The van der Waals surface area contributed by atoms with Crippen molar-refractivity contribution in [3.63, 3.8) is 0 Å². The molecule has 3 aromatic rings. The largest absolute Gasteiger partial charge is 0.494 e. The van der Waals surface area contributed by atoms with Gasteiger partial charge in [0.25, 0.3) is 0 Å². The van der Waals surface area contributed by atoms with Crippen molar-refractivity contribution in [2.24, 2.45) is 0 Å². The van der Waals surface area contributed by atoms with E-state index in [9.17, 15) is 4.79 Å². The fraction of sp³-hybridized carbons (Fsp3) is 0.158. The van der Waals surface area contributed by atoms with E-state index in [0.29, 0.717) is 25.2 Å². The number of nitrogens with one attached hydrogen (secondary N) is 1. The van der Waals surface area contributed by atoms with Gasteiger partial charge in [-0.3, -0.25) is 4.79 Å². The second-order valence-corrected chi connectivity index (χ2v) is 6.32. The molecule has 0 atom stereocenters. The Morgan fingerprint density at radius 1 is 1.20 bits per heavy atom. The Labute approximate surface area is 154 Å². The van der Waals surface area contributed by atoms with Gasteiger partial charge in [0, 0.05) is 22.1 Å². The van der Waals surface area contributed by atoms with Gasteiger partial charge in [-0.25, -0.2) is 4.98 Å². The summed E-state index contributed by atoms with van der Waals surface area (Å²) in [4.78, 5) is 15.9. The van der Waals surface area contributed by atoms with Crippen LogP contribution in [0.15, 0.2) is 70.0 Å². The molecule has 1 aromatic heterocycles. The molecule has 0 aliphatic rings. The first-order valence-corrected chi connectivity index (χ1v) is 8.67. The van der Waals surface area contributed by atoms with Gasteiger partial charge in [-0.1, -0.05) is 22.0 Å². The summed E-state index contributed by atoms with van der Waals surface area (Å²) in [7, 11) is 0. The Morgan fingerprint density at radius 3 is 2.76 bits per heavy atom.